The second-order valence-electron chi connectivity index (χ2n) is 7.31. The van der Waals surface area contributed by atoms with Crippen molar-refractivity contribution in [3.8, 4) is 0 Å². The van der Waals surface area contributed by atoms with E-state index < -0.39 is 0 Å². The molecule has 2 aromatic heterocycles. The molecule has 3 heterocycles. The third-order valence-electron chi connectivity index (χ3n) is 5.20. The lowest BCUT2D eigenvalue weighted by molar-refractivity contribution is -0.121. The first-order chi connectivity index (χ1) is 11.9. The normalized spacial score (nSPS) is 16.3. The Hall–Kier alpha value is -1.44. The molecular formula is C18H27ClN4O2S. The number of aromatic amines is 1. The number of halogens is 1. The van der Waals surface area contributed by atoms with Crippen LogP contribution in [0.4, 0.5) is 0 Å². The van der Waals surface area contributed by atoms with E-state index in [0.717, 1.165) is 41.2 Å². The van der Waals surface area contributed by atoms with Gasteiger partial charge >= 0.3 is 0 Å². The minimum Gasteiger partial charge on any atom is -0.356 e. The highest BCUT2D eigenvalue weighted by atomic mass is 35.5. The predicted molar refractivity (Wildman–Crippen MR) is 109 cm³/mol. The zero-order valence-electron chi connectivity index (χ0n) is 15.5. The van der Waals surface area contributed by atoms with Gasteiger partial charge in [-0.05, 0) is 50.8 Å². The van der Waals surface area contributed by atoms with Crippen molar-refractivity contribution in [1.82, 2.24) is 20.6 Å². The number of H-pyrrole nitrogens is 1. The topological polar surface area (TPSA) is 86.9 Å². The van der Waals surface area contributed by atoms with Crippen molar-refractivity contribution in [1.29, 1.82) is 0 Å². The van der Waals surface area contributed by atoms with E-state index >= 15 is 0 Å². The molecule has 0 unspecified atom stereocenters. The van der Waals surface area contributed by atoms with Crippen LogP contribution in [0.15, 0.2) is 4.79 Å². The van der Waals surface area contributed by atoms with Crippen molar-refractivity contribution in [3.05, 3.63) is 26.6 Å². The molecule has 8 heteroatoms. The molecule has 0 spiro atoms. The van der Waals surface area contributed by atoms with Gasteiger partial charge in [-0.25, -0.2) is 4.98 Å². The standard InChI is InChI=1S/C18H26N4O2S.ClH/c1-11-12(2)25-17-15(11)16(24)21-13(22-17)4-5-14(23)20-10-18(3)6-8-19-9-7-18;/h19H,4-10H2,1-3H3,(H,20,23)(H,21,22,24);1H. The molecule has 1 saturated heterocycles. The first-order valence-electron chi connectivity index (χ1n) is 8.84. The number of hydrogen-bond donors (Lipinski definition) is 3. The maximum absolute atomic E-state index is 12.3. The molecule has 1 amide bonds. The summed E-state index contributed by atoms with van der Waals surface area (Å²) in [6.45, 7) is 8.89. The van der Waals surface area contributed by atoms with Crippen molar-refractivity contribution in [3.63, 3.8) is 0 Å². The van der Waals surface area contributed by atoms with E-state index in [9.17, 15) is 9.59 Å². The summed E-state index contributed by atoms with van der Waals surface area (Å²) in [6.07, 6.45) is 2.95. The van der Waals surface area contributed by atoms with E-state index in [4.69, 9.17) is 0 Å². The molecule has 0 bridgehead atoms. The van der Waals surface area contributed by atoms with Crippen LogP contribution in [0.2, 0.25) is 0 Å². The third kappa shape index (κ3) is 4.64. The molecule has 0 saturated carbocycles. The predicted octanol–water partition coefficient (Wildman–Crippen LogP) is 2.46. The van der Waals surface area contributed by atoms with Gasteiger partial charge in [-0.15, -0.1) is 23.7 Å². The number of hydrogen-bond acceptors (Lipinski definition) is 5. The van der Waals surface area contributed by atoms with E-state index in [1.165, 1.54) is 11.3 Å². The van der Waals surface area contributed by atoms with Gasteiger partial charge in [0.25, 0.3) is 5.56 Å². The Morgan fingerprint density at radius 2 is 2.00 bits per heavy atom. The van der Waals surface area contributed by atoms with E-state index in [1.807, 2.05) is 13.8 Å². The SMILES string of the molecule is Cc1sc2nc(CCC(=O)NCC3(C)CCNCC3)[nH]c(=O)c2c1C.Cl. The summed E-state index contributed by atoms with van der Waals surface area (Å²) < 4.78 is 0. The fraction of sp³-hybridized carbons (Fsp3) is 0.611. The van der Waals surface area contributed by atoms with Gasteiger partial charge in [-0.2, -0.15) is 0 Å². The summed E-state index contributed by atoms with van der Waals surface area (Å²) in [5.74, 6) is 0.600. The Bertz CT molecular complexity index is 840. The van der Waals surface area contributed by atoms with E-state index in [2.05, 4.69) is 27.5 Å². The number of carbonyl (C=O) groups excluding carboxylic acids is 1. The highest BCUT2D eigenvalue weighted by Crippen LogP contribution is 2.27. The number of aryl methyl sites for hydroxylation is 3. The lowest BCUT2D eigenvalue weighted by atomic mass is 9.81. The van der Waals surface area contributed by atoms with Crippen molar-refractivity contribution in [2.24, 2.45) is 5.41 Å². The zero-order chi connectivity index (χ0) is 18.0. The molecule has 144 valence electrons. The monoisotopic (exact) mass is 398 g/mol. The first-order valence-corrected chi connectivity index (χ1v) is 9.66. The Kier molecular flexibility index (Phi) is 6.82. The highest BCUT2D eigenvalue weighted by Gasteiger charge is 2.26. The molecule has 3 rings (SSSR count). The molecule has 0 aliphatic carbocycles. The van der Waals surface area contributed by atoms with Crippen LogP contribution in [0.1, 0.15) is 42.5 Å². The fourth-order valence-corrected chi connectivity index (χ4v) is 4.31. The third-order valence-corrected chi connectivity index (χ3v) is 6.30. The summed E-state index contributed by atoms with van der Waals surface area (Å²) in [5, 5.41) is 7.07. The van der Waals surface area contributed by atoms with Crippen LogP contribution in [-0.2, 0) is 11.2 Å². The van der Waals surface area contributed by atoms with Gasteiger partial charge in [0, 0.05) is 24.3 Å². The number of nitrogens with zero attached hydrogens (tertiary/aromatic N) is 1. The average molecular weight is 399 g/mol. The van der Waals surface area contributed by atoms with Gasteiger partial charge in [-0.3, -0.25) is 9.59 Å². The quantitative estimate of drug-likeness (QED) is 0.722. The van der Waals surface area contributed by atoms with Crippen LogP contribution in [-0.4, -0.2) is 35.5 Å². The minimum atomic E-state index is -0.107. The molecule has 1 aliphatic rings. The number of amides is 1. The molecule has 1 fully saturated rings. The maximum atomic E-state index is 12.3. The van der Waals surface area contributed by atoms with Crippen LogP contribution in [0, 0.1) is 19.3 Å². The Labute approximate surface area is 163 Å². The lowest BCUT2D eigenvalue weighted by Gasteiger charge is -2.34. The number of piperidine rings is 1. The van der Waals surface area contributed by atoms with E-state index in [0.29, 0.717) is 30.6 Å². The molecule has 0 aromatic carbocycles. The first kappa shape index (κ1) is 20.9. The largest absolute Gasteiger partial charge is 0.356 e. The van der Waals surface area contributed by atoms with Gasteiger partial charge < -0.3 is 15.6 Å². The van der Waals surface area contributed by atoms with Crippen LogP contribution in [0.5, 0.6) is 0 Å². The van der Waals surface area contributed by atoms with Crippen molar-refractivity contribution in [2.75, 3.05) is 19.6 Å². The maximum Gasteiger partial charge on any atom is 0.259 e. The Balaban J connectivity index is 0.00000243. The number of rotatable bonds is 5. The number of carbonyl (C=O) groups is 1. The second kappa shape index (κ2) is 8.50. The highest BCUT2D eigenvalue weighted by molar-refractivity contribution is 7.18. The smallest absolute Gasteiger partial charge is 0.259 e. The average Bonchev–Trinajstić information content (AvgIpc) is 2.86. The molecule has 3 N–H and O–H groups in total. The van der Waals surface area contributed by atoms with E-state index in [1.54, 1.807) is 0 Å². The summed E-state index contributed by atoms with van der Waals surface area (Å²) in [4.78, 5) is 33.6. The van der Waals surface area contributed by atoms with Crippen LogP contribution in [0.3, 0.4) is 0 Å². The van der Waals surface area contributed by atoms with Crippen LogP contribution in [0.25, 0.3) is 10.2 Å². The molecule has 1 aliphatic heterocycles. The Morgan fingerprint density at radius 3 is 2.69 bits per heavy atom. The second-order valence-corrected chi connectivity index (χ2v) is 8.52. The molecule has 0 radical (unpaired) electrons. The van der Waals surface area contributed by atoms with Crippen LogP contribution >= 0.6 is 23.7 Å². The summed E-state index contributed by atoms with van der Waals surface area (Å²) >= 11 is 1.53. The minimum absolute atomic E-state index is 0. The van der Waals surface area contributed by atoms with Crippen molar-refractivity contribution < 1.29 is 4.79 Å². The zero-order valence-corrected chi connectivity index (χ0v) is 17.2. The van der Waals surface area contributed by atoms with Gasteiger partial charge in [-0.1, -0.05) is 6.92 Å². The molecular weight excluding hydrogens is 372 g/mol. The summed E-state index contributed by atoms with van der Waals surface area (Å²) in [5.41, 5.74) is 1.07. The van der Waals surface area contributed by atoms with E-state index in [-0.39, 0.29) is 29.3 Å². The molecule has 26 heavy (non-hydrogen) atoms. The summed E-state index contributed by atoms with van der Waals surface area (Å²) in [7, 11) is 0. The number of thiophene rings is 1. The molecule has 6 nitrogen and oxygen atoms in total. The Morgan fingerprint density at radius 1 is 1.31 bits per heavy atom. The number of nitrogens with one attached hydrogen (secondary N) is 3. The van der Waals surface area contributed by atoms with Crippen LogP contribution < -0.4 is 16.2 Å². The number of fused-ring (bicyclic) bond motifs is 1. The van der Waals surface area contributed by atoms with Gasteiger partial charge in [0.2, 0.25) is 5.91 Å². The molecule has 2 aromatic rings. The van der Waals surface area contributed by atoms with Crippen molar-refractivity contribution >= 4 is 39.9 Å². The summed E-state index contributed by atoms with van der Waals surface area (Å²) in [6, 6.07) is 0. The number of aromatic nitrogens is 2. The van der Waals surface area contributed by atoms with Gasteiger partial charge in [0.15, 0.2) is 0 Å². The molecule has 0 atom stereocenters. The fourth-order valence-electron chi connectivity index (χ4n) is 3.26. The van der Waals surface area contributed by atoms with Crippen molar-refractivity contribution in [2.45, 2.75) is 46.5 Å². The lowest BCUT2D eigenvalue weighted by Crippen LogP contribution is -2.42. The van der Waals surface area contributed by atoms with Gasteiger partial charge in [0.1, 0.15) is 10.7 Å². The van der Waals surface area contributed by atoms with Gasteiger partial charge in [0.05, 0.1) is 5.39 Å².